The zero-order valence-corrected chi connectivity index (χ0v) is 17.9. The van der Waals surface area contributed by atoms with Gasteiger partial charge in [-0.3, -0.25) is 14.8 Å². The smallest absolute Gasteiger partial charge is 0.228 e. The second-order valence-electron chi connectivity index (χ2n) is 7.15. The Hall–Kier alpha value is -4.19. The third kappa shape index (κ3) is 4.92. The lowest BCUT2D eigenvalue weighted by Crippen LogP contribution is -2.23. The number of hydrogen-bond donors (Lipinski definition) is 1. The summed E-state index contributed by atoms with van der Waals surface area (Å²) >= 11 is 0. The van der Waals surface area contributed by atoms with Crippen LogP contribution in [0.4, 0.5) is 0 Å². The number of hydrogen-bond acceptors (Lipinski definition) is 5. The molecule has 32 heavy (non-hydrogen) atoms. The standard InChI is InChI=1S/C26H23N3O3/c1-31-24-14-19-13-20(17-28-23(19)15-25(24)32-2)22-11-10-18(16-27-22)12-26(30)29-21-8-6-4-3-5-7-9-21/h3-11,13-17H,12H2,1-2H3,(H,29,30)/b4-3-,5-3?,6-4?,7-5-,8-6?,9-7?,21-8?,21-9?. The summed E-state index contributed by atoms with van der Waals surface area (Å²) in [6, 6.07) is 9.56. The van der Waals surface area contributed by atoms with E-state index in [1.54, 1.807) is 26.6 Å². The number of allylic oxidation sites excluding steroid dienone is 7. The number of carbonyl (C=O) groups is 1. The number of rotatable bonds is 6. The summed E-state index contributed by atoms with van der Waals surface area (Å²) in [5, 5.41) is 3.84. The van der Waals surface area contributed by atoms with Crippen molar-refractivity contribution in [1.29, 1.82) is 0 Å². The molecule has 1 aromatic carbocycles. The lowest BCUT2D eigenvalue weighted by Gasteiger charge is -2.10. The van der Waals surface area contributed by atoms with E-state index in [1.807, 2.05) is 72.9 Å². The average molecular weight is 425 g/mol. The molecule has 1 aliphatic rings. The van der Waals surface area contributed by atoms with Crippen LogP contribution in [0.25, 0.3) is 22.2 Å². The predicted octanol–water partition coefficient (Wildman–Crippen LogP) is 4.54. The number of nitrogens with one attached hydrogen (secondary N) is 1. The first-order chi connectivity index (χ1) is 15.7. The number of ether oxygens (including phenoxy) is 2. The number of aromatic nitrogens is 2. The highest BCUT2D eigenvalue weighted by Crippen LogP contribution is 2.32. The van der Waals surface area contributed by atoms with Crippen LogP contribution < -0.4 is 14.8 Å². The number of carbonyl (C=O) groups excluding carboxylic acids is 1. The minimum absolute atomic E-state index is 0.0955. The summed E-state index contributed by atoms with van der Waals surface area (Å²) in [5.74, 6) is 1.19. The molecule has 0 fully saturated rings. The average Bonchev–Trinajstić information content (AvgIpc) is 2.80. The maximum Gasteiger partial charge on any atom is 0.228 e. The van der Waals surface area contributed by atoms with E-state index in [0.29, 0.717) is 11.5 Å². The topological polar surface area (TPSA) is 73.3 Å². The summed E-state index contributed by atoms with van der Waals surface area (Å²) in [5.41, 5.74) is 4.04. The molecule has 4 rings (SSSR count). The molecule has 1 amide bonds. The third-order valence-corrected chi connectivity index (χ3v) is 4.95. The number of pyridine rings is 2. The lowest BCUT2D eigenvalue weighted by atomic mass is 10.1. The molecule has 0 atom stereocenters. The van der Waals surface area contributed by atoms with E-state index in [0.717, 1.165) is 33.4 Å². The number of nitrogens with zero attached hydrogens (tertiary/aromatic N) is 2. The Bertz CT molecular complexity index is 1260. The molecule has 2 aromatic heterocycles. The Morgan fingerprint density at radius 1 is 0.906 bits per heavy atom. The Morgan fingerprint density at radius 3 is 2.47 bits per heavy atom. The van der Waals surface area contributed by atoms with Crippen molar-refractivity contribution in [2.45, 2.75) is 6.42 Å². The van der Waals surface area contributed by atoms with Gasteiger partial charge in [-0.15, -0.1) is 0 Å². The Balaban J connectivity index is 1.48. The van der Waals surface area contributed by atoms with Crippen LogP contribution in [0.15, 0.2) is 91.0 Å². The number of amides is 1. The van der Waals surface area contributed by atoms with Crippen molar-refractivity contribution >= 4 is 16.8 Å². The van der Waals surface area contributed by atoms with Gasteiger partial charge in [0.15, 0.2) is 11.5 Å². The largest absolute Gasteiger partial charge is 0.493 e. The number of benzene rings is 1. The van der Waals surface area contributed by atoms with E-state index in [-0.39, 0.29) is 12.3 Å². The molecule has 0 spiro atoms. The summed E-state index contributed by atoms with van der Waals surface area (Å²) < 4.78 is 10.7. The zero-order chi connectivity index (χ0) is 22.3. The molecule has 0 bridgehead atoms. The van der Waals surface area contributed by atoms with Crippen molar-refractivity contribution < 1.29 is 14.3 Å². The van der Waals surface area contributed by atoms with Gasteiger partial charge < -0.3 is 14.8 Å². The molecule has 0 aliphatic heterocycles. The van der Waals surface area contributed by atoms with Crippen molar-refractivity contribution in [3.8, 4) is 22.8 Å². The fourth-order valence-electron chi connectivity index (χ4n) is 3.34. The van der Waals surface area contributed by atoms with E-state index in [4.69, 9.17) is 9.47 Å². The van der Waals surface area contributed by atoms with Gasteiger partial charge in [0, 0.05) is 35.1 Å². The molecule has 0 unspecified atom stereocenters. The maximum absolute atomic E-state index is 12.4. The fourth-order valence-corrected chi connectivity index (χ4v) is 3.34. The summed E-state index contributed by atoms with van der Waals surface area (Å²) in [7, 11) is 3.21. The third-order valence-electron chi connectivity index (χ3n) is 4.95. The number of fused-ring (bicyclic) bond motifs is 1. The van der Waals surface area contributed by atoms with E-state index < -0.39 is 0 Å². The van der Waals surface area contributed by atoms with Crippen LogP contribution in [0.2, 0.25) is 0 Å². The summed E-state index contributed by atoms with van der Waals surface area (Å²) in [6.07, 6.45) is 17.0. The highest BCUT2D eigenvalue weighted by atomic mass is 16.5. The molecule has 1 N–H and O–H groups in total. The Morgan fingerprint density at radius 2 is 1.69 bits per heavy atom. The second kappa shape index (κ2) is 9.75. The highest BCUT2D eigenvalue weighted by Gasteiger charge is 2.10. The van der Waals surface area contributed by atoms with Crippen molar-refractivity contribution in [2.75, 3.05) is 14.2 Å². The van der Waals surface area contributed by atoms with Gasteiger partial charge in [0.2, 0.25) is 5.91 Å². The van der Waals surface area contributed by atoms with Gasteiger partial charge in [-0.25, -0.2) is 0 Å². The van der Waals surface area contributed by atoms with E-state index >= 15 is 0 Å². The molecule has 0 saturated heterocycles. The molecule has 6 nitrogen and oxygen atoms in total. The molecule has 6 heteroatoms. The van der Waals surface area contributed by atoms with Crippen LogP contribution in [0.1, 0.15) is 5.56 Å². The molecule has 3 aromatic rings. The fraction of sp³-hybridized carbons (Fsp3) is 0.115. The maximum atomic E-state index is 12.4. The molecular formula is C26H23N3O3. The van der Waals surface area contributed by atoms with Crippen LogP contribution in [0.3, 0.4) is 0 Å². The van der Waals surface area contributed by atoms with E-state index in [2.05, 4.69) is 15.3 Å². The van der Waals surface area contributed by atoms with Crippen LogP contribution in [-0.2, 0) is 11.2 Å². The number of methoxy groups -OCH3 is 2. The minimum atomic E-state index is -0.0955. The van der Waals surface area contributed by atoms with Crippen molar-refractivity contribution in [3.63, 3.8) is 0 Å². The zero-order valence-electron chi connectivity index (χ0n) is 17.9. The van der Waals surface area contributed by atoms with Crippen LogP contribution >= 0.6 is 0 Å². The highest BCUT2D eigenvalue weighted by molar-refractivity contribution is 5.86. The second-order valence-corrected chi connectivity index (χ2v) is 7.15. The van der Waals surface area contributed by atoms with Crippen LogP contribution in [-0.4, -0.2) is 30.1 Å². The molecular weight excluding hydrogens is 402 g/mol. The van der Waals surface area contributed by atoms with Gasteiger partial charge in [0.25, 0.3) is 0 Å². The quantitative estimate of drug-likeness (QED) is 0.628. The van der Waals surface area contributed by atoms with Crippen molar-refractivity contribution in [3.05, 3.63) is 96.5 Å². The van der Waals surface area contributed by atoms with Gasteiger partial charge in [-0.1, -0.05) is 36.4 Å². The molecule has 2 heterocycles. The summed E-state index contributed by atoms with van der Waals surface area (Å²) in [4.78, 5) is 21.5. The monoisotopic (exact) mass is 425 g/mol. The summed E-state index contributed by atoms with van der Waals surface area (Å²) in [6.45, 7) is 0. The Kier molecular flexibility index (Phi) is 6.41. The molecule has 0 saturated carbocycles. The van der Waals surface area contributed by atoms with Crippen molar-refractivity contribution in [2.24, 2.45) is 0 Å². The molecule has 160 valence electrons. The predicted molar refractivity (Wildman–Crippen MR) is 125 cm³/mol. The normalized spacial score (nSPS) is 14.8. The first-order valence-electron chi connectivity index (χ1n) is 10.1. The first kappa shape index (κ1) is 21.1. The van der Waals surface area contributed by atoms with Gasteiger partial charge in [-0.05, 0) is 35.9 Å². The van der Waals surface area contributed by atoms with Crippen LogP contribution in [0, 0.1) is 0 Å². The first-order valence-corrected chi connectivity index (χ1v) is 10.1. The Labute approximate surface area is 186 Å². The van der Waals surface area contributed by atoms with E-state index in [9.17, 15) is 4.79 Å². The lowest BCUT2D eigenvalue weighted by molar-refractivity contribution is -0.119. The molecule has 1 aliphatic carbocycles. The van der Waals surface area contributed by atoms with Gasteiger partial charge >= 0.3 is 0 Å². The van der Waals surface area contributed by atoms with Gasteiger partial charge in [0.1, 0.15) is 0 Å². The SMILES string of the molecule is COc1cc2cc(-c3ccc(CC(=O)NC4=C/C=C\C=C/C=C4)cn3)cnc2cc1OC. The van der Waals surface area contributed by atoms with Crippen molar-refractivity contribution in [1.82, 2.24) is 15.3 Å². The van der Waals surface area contributed by atoms with Crippen LogP contribution in [0.5, 0.6) is 11.5 Å². The van der Waals surface area contributed by atoms with Gasteiger partial charge in [-0.2, -0.15) is 0 Å². The van der Waals surface area contributed by atoms with E-state index in [1.165, 1.54) is 0 Å². The molecule has 0 radical (unpaired) electrons. The van der Waals surface area contributed by atoms with Gasteiger partial charge in [0.05, 0.1) is 31.9 Å². The minimum Gasteiger partial charge on any atom is -0.493 e.